The van der Waals surface area contributed by atoms with Crippen molar-refractivity contribution in [1.82, 2.24) is 9.80 Å². The highest BCUT2D eigenvalue weighted by Gasteiger charge is 2.31. The first-order valence-electron chi connectivity index (χ1n) is 9.01. The molecule has 7 nitrogen and oxygen atoms in total. The van der Waals surface area contributed by atoms with E-state index in [1.165, 1.54) is 5.01 Å². The quantitative estimate of drug-likeness (QED) is 0.824. The lowest BCUT2D eigenvalue weighted by molar-refractivity contribution is -0.139. The molecule has 1 fully saturated rings. The van der Waals surface area contributed by atoms with Gasteiger partial charge in [-0.2, -0.15) is 5.10 Å². The van der Waals surface area contributed by atoms with Crippen LogP contribution in [-0.4, -0.2) is 59.4 Å². The summed E-state index contributed by atoms with van der Waals surface area (Å²) in [4.78, 5) is 40.6. The summed E-state index contributed by atoms with van der Waals surface area (Å²) in [6.45, 7) is 5.83. The number of hydrogen-bond donors (Lipinski definition) is 0. The Balaban J connectivity index is 1.68. The Morgan fingerprint density at radius 1 is 0.962 bits per heavy atom. The van der Waals surface area contributed by atoms with Crippen LogP contribution in [0.5, 0.6) is 0 Å². The van der Waals surface area contributed by atoms with Crippen LogP contribution in [0.4, 0.5) is 5.69 Å². The lowest BCUT2D eigenvalue weighted by Gasteiger charge is -2.36. The standard InChI is InChI=1S/C19H24N4O3/c1-14(2)18(25)21-10-12-22(13-11-21)19(26)16-8-9-17(24)23(20-16)15-6-4-3-5-7-15/h3-7,14H,8-13H2,1-2H3. The molecule has 0 bridgehead atoms. The zero-order valence-electron chi connectivity index (χ0n) is 15.2. The van der Waals surface area contributed by atoms with E-state index in [9.17, 15) is 14.4 Å². The molecule has 1 saturated heterocycles. The van der Waals surface area contributed by atoms with Gasteiger partial charge in [0.15, 0.2) is 0 Å². The maximum absolute atomic E-state index is 12.8. The molecule has 7 heteroatoms. The molecule has 2 aliphatic rings. The van der Waals surface area contributed by atoms with Crippen LogP contribution in [0.3, 0.4) is 0 Å². The van der Waals surface area contributed by atoms with E-state index in [0.717, 1.165) is 0 Å². The maximum atomic E-state index is 12.8. The van der Waals surface area contributed by atoms with E-state index in [1.807, 2.05) is 32.0 Å². The summed E-state index contributed by atoms with van der Waals surface area (Å²) in [5, 5.41) is 5.63. The number of rotatable bonds is 3. The molecule has 0 aliphatic carbocycles. The number of amides is 3. The summed E-state index contributed by atoms with van der Waals surface area (Å²) in [6.07, 6.45) is 0.622. The van der Waals surface area contributed by atoms with Gasteiger partial charge in [0, 0.05) is 44.9 Å². The summed E-state index contributed by atoms with van der Waals surface area (Å²) in [6, 6.07) is 9.13. The first kappa shape index (κ1) is 18.1. The van der Waals surface area contributed by atoms with Gasteiger partial charge in [0.1, 0.15) is 5.71 Å². The number of hydrogen-bond acceptors (Lipinski definition) is 4. The van der Waals surface area contributed by atoms with Crippen molar-refractivity contribution in [3.05, 3.63) is 30.3 Å². The minimum atomic E-state index is -0.143. The highest BCUT2D eigenvalue weighted by atomic mass is 16.2. The van der Waals surface area contributed by atoms with E-state index in [4.69, 9.17) is 0 Å². The van der Waals surface area contributed by atoms with Crippen LogP contribution in [0.2, 0.25) is 0 Å². The molecule has 3 amide bonds. The minimum absolute atomic E-state index is 0.0367. The molecule has 1 aromatic rings. The highest BCUT2D eigenvalue weighted by molar-refractivity contribution is 6.40. The van der Waals surface area contributed by atoms with Gasteiger partial charge in [0.05, 0.1) is 5.69 Å². The van der Waals surface area contributed by atoms with Gasteiger partial charge >= 0.3 is 0 Å². The van der Waals surface area contributed by atoms with Crippen LogP contribution in [0.15, 0.2) is 35.4 Å². The fourth-order valence-electron chi connectivity index (χ4n) is 3.16. The summed E-state index contributed by atoms with van der Waals surface area (Å²) in [7, 11) is 0. The SMILES string of the molecule is CC(C)C(=O)N1CCN(C(=O)C2=NN(c3ccccc3)C(=O)CC2)CC1. The first-order valence-corrected chi connectivity index (χ1v) is 9.01. The van der Waals surface area contributed by atoms with Crippen molar-refractivity contribution in [1.29, 1.82) is 0 Å². The van der Waals surface area contributed by atoms with E-state index in [2.05, 4.69) is 5.10 Å². The van der Waals surface area contributed by atoms with Crippen LogP contribution in [0.25, 0.3) is 0 Å². The van der Waals surface area contributed by atoms with Gasteiger partial charge in [-0.1, -0.05) is 32.0 Å². The number of anilines is 1. The molecule has 2 aliphatic heterocycles. The molecule has 0 N–H and O–H groups in total. The second-order valence-corrected chi connectivity index (χ2v) is 6.86. The number of hydrazone groups is 1. The van der Waals surface area contributed by atoms with E-state index in [1.54, 1.807) is 21.9 Å². The van der Waals surface area contributed by atoms with Crippen LogP contribution in [-0.2, 0) is 14.4 Å². The third-order valence-corrected chi connectivity index (χ3v) is 4.65. The molecule has 0 radical (unpaired) electrons. The lowest BCUT2D eigenvalue weighted by Crippen LogP contribution is -2.53. The molecule has 138 valence electrons. The first-order chi connectivity index (χ1) is 12.5. The van der Waals surface area contributed by atoms with Crippen molar-refractivity contribution in [3.8, 4) is 0 Å². The maximum Gasteiger partial charge on any atom is 0.270 e. The van der Waals surface area contributed by atoms with Gasteiger partial charge in [-0.15, -0.1) is 0 Å². The number of benzene rings is 1. The minimum Gasteiger partial charge on any atom is -0.339 e. The average molecular weight is 356 g/mol. The Morgan fingerprint density at radius 3 is 2.19 bits per heavy atom. The van der Waals surface area contributed by atoms with Crippen LogP contribution in [0, 0.1) is 5.92 Å². The zero-order valence-corrected chi connectivity index (χ0v) is 15.2. The Labute approximate surface area is 153 Å². The van der Waals surface area contributed by atoms with Crippen molar-refractivity contribution in [2.24, 2.45) is 11.0 Å². The van der Waals surface area contributed by atoms with E-state index in [0.29, 0.717) is 44.0 Å². The normalized spacial score (nSPS) is 18.2. The number of nitrogens with zero attached hydrogens (tertiary/aromatic N) is 4. The predicted octanol–water partition coefficient (Wildman–Crippen LogP) is 1.50. The van der Waals surface area contributed by atoms with Crippen molar-refractivity contribution in [2.45, 2.75) is 26.7 Å². The van der Waals surface area contributed by atoms with Crippen LogP contribution < -0.4 is 5.01 Å². The fraction of sp³-hybridized carbons (Fsp3) is 0.474. The van der Waals surface area contributed by atoms with E-state index >= 15 is 0 Å². The fourth-order valence-corrected chi connectivity index (χ4v) is 3.16. The second kappa shape index (κ2) is 7.68. The summed E-state index contributed by atoms with van der Waals surface area (Å²) >= 11 is 0. The molecule has 3 rings (SSSR count). The molecule has 0 unspecified atom stereocenters. The Kier molecular flexibility index (Phi) is 5.35. The molecule has 0 saturated carbocycles. The van der Waals surface area contributed by atoms with Crippen molar-refractivity contribution < 1.29 is 14.4 Å². The number of piperazine rings is 1. The van der Waals surface area contributed by atoms with Crippen molar-refractivity contribution in [2.75, 3.05) is 31.2 Å². The molecule has 0 aromatic heterocycles. The smallest absolute Gasteiger partial charge is 0.270 e. The van der Waals surface area contributed by atoms with E-state index < -0.39 is 0 Å². The van der Waals surface area contributed by atoms with Gasteiger partial charge in [-0.05, 0) is 12.1 Å². The highest BCUT2D eigenvalue weighted by Crippen LogP contribution is 2.20. The Bertz CT molecular complexity index is 722. The molecule has 1 aromatic carbocycles. The van der Waals surface area contributed by atoms with Gasteiger partial charge in [0.25, 0.3) is 5.91 Å². The zero-order chi connectivity index (χ0) is 18.7. The average Bonchev–Trinajstić information content (AvgIpc) is 2.68. The van der Waals surface area contributed by atoms with Crippen molar-refractivity contribution >= 4 is 29.1 Å². The summed E-state index contributed by atoms with van der Waals surface area (Å²) in [5.41, 5.74) is 1.06. The third kappa shape index (κ3) is 3.76. The predicted molar refractivity (Wildman–Crippen MR) is 98.6 cm³/mol. The molecular weight excluding hydrogens is 332 g/mol. The monoisotopic (exact) mass is 356 g/mol. The van der Waals surface area contributed by atoms with Gasteiger partial charge in [-0.3, -0.25) is 14.4 Å². The Hall–Kier alpha value is -2.70. The number of para-hydroxylation sites is 1. The molecule has 0 spiro atoms. The van der Waals surface area contributed by atoms with Gasteiger partial charge in [0.2, 0.25) is 11.8 Å². The topological polar surface area (TPSA) is 73.3 Å². The molecular formula is C19H24N4O3. The Morgan fingerprint density at radius 2 is 1.58 bits per heavy atom. The second-order valence-electron chi connectivity index (χ2n) is 6.86. The summed E-state index contributed by atoms with van der Waals surface area (Å²) < 4.78 is 0. The van der Waals surface area contributed by atoms with Crippen molar-refractivity contribution in [3.63, 3.8) is 0 Å². The van der Waals surface area contributed by atoms with Crippen LogP contribution in [0.1, 0.15) is 26.7 Å². The molecule has 0 atom stereocenters. The van der Waals surface area contributed by atoms with Crippen LogP contribution >= 0.6 is 0 Å². The number of carbonyl (C=O) groups excluding carboxylic acids is 3. The van der Waals surface area contributed by atoms with Gasteiger partial charge in [-0.25, -0.2) is 5.01 Å². The van der Waals surface area contributed by atoms with E-state index in [-0.39, 0.29) is 30.1 Å². The molecule has 26 heavy (non-hydrogen) atoms. The lowest BCUT2D eigenvalue weighted by atomic mass is 10.1. The van der Waals surface area contributed by atoms with Gasteiger partial charge < -0.3 is 9.80 Å². The largest absolute Gasteiger partial charge is 0.339 e. The summed E-state index contributed by atoms with van der Waals surface area (Å²) in [5.74, 6) is -0.173. The third-order valence-electron chi connectivity index (χ3n) is 4.65. The number of carbonyl (C=O) groups is 3. The molecule has 2 heterocycles.